The van der Waals surface area contributed by atoms with E-state index in [0.29, 0.717) is 5.75 Å². The second-order valence-corrected chi connectivity index (χ2v) is 5.88. The van der Waals surface area contributed by atoms with Crippen molar-refractivity contribution in [1.29, 1.82) is 0 Å². The van der Waals surface area contributed by atoms with Gasteiger partial charge in [-0.2, -0.15) is 0 Å². The molecule has 0 saturated heterocycles. The third-order valence-electron chi connectivity index (χ3n) is 4.33. The fourth-order valence-corrected chi connectivity index (χ4v) is 3.08. The molecule has 18 heavy (non-hydrogen) atoms. The zero-order valence-electron chi connectivity index (χ0n) is 11.8. The van der Waals surface area contributed by atoms with Crippen molar-refractivity contribution >= 4 is 0 Å². The van der Waals surface area contributed by atoms with E-state index in [-0.39, 0.29) is 0 Å². The van der Waals surface area contributed by atoms with Gasteiger partial charge in [-0.25, -0.2) is 0 Å². The van der Waals surface area contributed by atoms with Crippen LogP contribution in [-0.4, -0.2) is 11.7 Å². The number of phenolic OH excluding ortho intramolecular Hbond substituents is 1. The van der Waals surface area contributed by atoms with Crippen LogP contribution < -0.4 is 5.32 Å². The van der Waals surface area contributed by atoms with Gasteiger partial charge in [-0.3, -0.25) is 0 Å². The summed E-state index contributed by atoms with van der Waals surface area (Å²) in [5.41, 5.74) is 3.22. The monoisotopic (exact) mass is 247 g/mol. The Kier molecular flexibility index (Phi) is 4.28. The van der Waals surface area contributed by atoms with E-state index in [1.165, 1.54) is 24.8 Å². The Morgan fingerprint density at radius 3 is 2.44 bits per heavy atom. The summed E-state index contributed by atoms with van der Waals surface area (Å²) in [4.78, 5) is 0. The van der Waals surface area contributed by atoms with Crippen LogP contribution in [0.3, 0.4) is 0 Å². The fraction of sp³-hybridized carbons (Fsp3) is 0.625. The van der Waals surface area contributed by atoms with Gasteiger partial charge in [0.05, 0.1) is 0 Å². The molecule has 1 aliphatic rings. The summed E-state index contributed by atoms with van der Waals surface area (Å²) in [6, 6.07) is 4.15. The van der Waals surface area contributed by atoms with E-state index < -0.39 is 0 Å². The summed E-state index contributed by atoms with van der Waals surface area (Å²) >= 11 is 0. The van der Waals surface area contributed by atoms with E-state index >= 15 is 0 Å². The Balaban J connectivity index is 1.87. The average Bonchev–Trinajstić information content (AvgIpc) is 2.72. The predicted molar refractivity (Wildman–Crippen MR) is 75.8 cm³/mol. The van der Waals surface area contributed by atoms with Gasteiger partial charge in [0, 0.05) is 6.54 Å². The minimum Gasteiger partial charge on any atom is -0.507 e. The van der Waals surface area contributed by atoms with Crippen molar-refractivity contribution in [1.82, 2.24) is 5.32 Å². The molecule has 2 unspecified atom stereocenters. The zero-order valence-corrected chi connectivity index (χ0v) is 11.8. The van der Waals surface area contributed by atoms with Crippen LogP contribution >= 0.6 is 0 Å². The summed E-state index contributed by atoms with van der Waals surface area (Å²) in [6.07, 6.45) is 4.16. The maximum Gasteiger partial charge on any atom is 0.121 e. The van der Waals surface area contributed by atoms with Crippen molar-refractivity contribution in [2.75, 3.05) is 6.54 Å². The standard InChI is InChI=1S/C16H25NO/c1-11-5-4-6-15(11)10-17-9-14-7-12(2)16(18)13(3)8-14/h7-8,11,15,17-18H,4-6,9-10H2,1-3H3. The molecule has 2 atom stereocenters. The molecule has 0 amide bonds. The highest BCUT2D eigenvalue weighted by Gasteiger charge is 2.22. The molecule has 0 spiro atoms. The Labute approximate surface area is 110 Å². The van der Waals surface area contributed by atoms with Crippen LogP contribution in [0, 0.1) is 25.7 Å². The predicted octanol–water partition coefficient (Wildman–Crippen LogP) is 3.53. The second-order valence-electron chi connectivity index (χ2n) is 5.88. The van der Waals surface area contributed by atoms with Gasteiger partial charge in [0.15, 0.2) is 0 Å². The number of rotatable bonds is 4. The Morgan fingerprint density at radius 2 is 1.89 bits per heavy atom. The molecule has 0 aromatic heterocycles. The fourth-order valence-electron chi connectivity index (χ4n) is 3.08. The summed E-state index contributed by atoms with van der Waals surface area (Å²) < 4.78 is 0. The largest absolute Gasteiger partial charge is 0.507 e. The van der Waals surface area contributed by atoms with Gasteiger partial charge in [0.1, 0.15) is 5.75 Å². The minimum absolute atomic E-state index is 0.433. The van der Waals surface area contributed by atoms with Crippen molar-refractivity contribution in [3.63, 3.8) is 0 Å². The summed E-state index contributed by atoms with van der Waals surface area (Å²) in [6.45, 7) is 8.33. The first-order valence-electron chi connectivity index (χ1n) is 7.07. The summed E-state index contributed by atoms with van der Waals surface area (Å²) in [7, 11) is 0. The zero-order chi connectivity index (χ0) is 13.1. The molecule has 1 aliphatic carbocycles. The van der Waals surface area contributed by atoms with Crippen LogP contribution in [0.5, 0.6) is 5.75 Å². The van der Waals surface area contributed by atoms with E-state index in [0.717, 1.165) is 36.1 Å². The number of phenols is 1. The second kappa shape index (κ2) is 5.75. The van der Waals surface area contributed by atoms with Gasteiger partial charge in [-0.1, -0.05) is 31.9 Å². The highest BCUT2D eigenvalue weighted by molar-refractivity contribution is 5.42. The molecule has 1 fully saturated rings. The van der Waals surface area contributed by atoms with Crippen molar-refractivity contribution in [2.45, 2.75) is 46.6 Å². The Morgan fingerprint density at radius 1 is 1.22 bits per heavy atom. The number of benzene rings is 1. The molecule has 0 aliphatic heterocycles. The lowest BCUT2D eigenvalue weighted by molar-refractivity contribution is 0.392. The lowest BCUT2D eigenvalue weighted by Crippen LogP contribution is -2.24. The first-order valence-corrected chi connectivity index (χ1v) is 7.07. The number of nitrogens with one attached hydrogen (secondary N) is 1. The quantitative estimate of drug-likeness (QED) is 0.853. The van der Waals surface area contributed by atoms with Crippen LogP contribution in [0.4, 0.5) is 0 Å². The minimum atomic E-state index is 0.433. The number of hydrogen-bond donors (Lipinski definition) is 2. The highest BCUT2D eigenvalue weighted by atomic mass is 16.3. The molecule has 0 heterocycles. The maximum absolute atomic E-state index is 9.74. The molecule has 100 valence electrons. The van der Waals surface area contributed by atoms with Crippen LogP contribution in [0.15, 0.2) is 12.1 Å². The average molecular weight is 247 g/mol. The van der Waals surface area contributed by atoms with E-state index in [1.807, 2.05) is 13.8 Å². The van der Waals surface area contributed by atoms with Crippen molar-refractivity contribution in [3.05, 3.63) is 28.8 Å². The van der Waals surface area contributed by atoms with E-state index in [1.54, 1.807) is 0 Å². The number of aryl methyl sites for hydroxylation is 2. The van der Waals surface area contributed by atoms with Gasteiger partial charge in [0.25, 0.3) is 0 Å². The molecule has 0 radical (unpaired) electrons. The lowest BCUT2D eigenvalue weighted by Gasteiger charge is -2.16. The van der Waals surface area contributed by atoms with Gasteiger partial charge >= 0.3 is 0 Å². The molecular formula is C16H25NO. The smallest absolute Gasteiger partial charge is 0.121 e. The first kappa shape index (κ1) is 13.4. The Bertz CT molecular complexity index is 391. The molecule has 0 bridgehead atoms. The maximum atomic E-state index is 9.74. The highest BCUT2D eigenvalue weighted by Crippen LogP contribution is 2.30. The van der Waals surface area contributed by atoms with Crippen molar-refractivity contribution in [2.24, 2.45) is 11.8 Å². The van der Waals surface area contributed by atoms with Crippen molar-refractivity contribution in [3.8, 4) is 5.75 Å². The SMILES string of the molecule is Cc1cc(CNCC2CCCC2C)cc(C)c1O. The summed E-state index contributed by atoms with van der Waals surface area (Å²) in [5.74, 6) is 2.16. The topological polar surface area (TPSA) is 32.3 Å². The Hall–Kier alpha value is -1.02. The van der Waals surface area contributed by atoms with Gasteiger partial charge < -0.3 is 10.4 Å². The van der Waals surface area contributed by atoms with Crippen LogP contribution in [0.1, 0.15) is 42.9 Å². The molecule has 1 aromatic rings. The van der Waals surface area contributed by atoms with Crippen molar-refractivity contribution < 1.29 is 5.11 Å². The number of aromatic hydroxyl groups is 1. The van der Waals surface area contributed by atoms with Gasteiger partial charge in [-0.15, -0.1) is 0 Å². The van der Waals surface area contributed by atoms with Gasteiger partial charge in [0.2, 0.25) is 0 Å². The normalized spacial score (nSPS) is 23.5. The third kappa shape index (κ3) is 3.05. The molecule has 2 rings (SSSR count). The van der Waals surface area contributed by atoms with E-state index in [9.17, 15) is 5.11 Å². The molecular weight excluding hydrogens is 222 g/mol. The van der Waals surface area contributed by atoms with E-state index in [2.05, 4.69) is 24.4 Å². The third-order valence-corrected chi connectivity index (χ3v) is 4.33. The molecule has 2 nitrogen and oxygen atoms in total. The van der Waals surface area contributed by atoms with E-state index in [4.69, 9.17) is 0 Å². The lowest BCUT2D eigenvalue weighted by atomic mass is 9.98. The molecule has 2 heteroatoms. The molecule has 1 saturated carbocycles. The van der Waals surface area contributed by atoms with Crippen LogP contribution in [0.25, 0.3) is 0 Å². The van der Waals surface area contributed by atoms with Crippen LogP contribution in [0.2, 0.25) is 0 Å². The van der Waals surface area contributed by atoms with Gasteiger partial charge in [-0.05, 0) is 55.3 Å². The first-order chi connectivity index (χ1) is 8.58. The van der Waals surface area contributed by atoms with Crippen LogP contribution in [-0.2, 0) is 6.54 Å². The molecule has 2 N–H and O–H groups in total. The number of hydrogen-bond acceptors (Lipinski definition) is 2. The molecule has 1 aromatic carbocycles. The summed E-state index contributed by atoms with van der Waals surface area (Å²) in [5, 5.41) is 13.3.